The van der Waals surface area contributed by atoms with Crippen LogP contribution < -0.4 is 10.2 Å². The maximum Gasteiger partial charge on any atom is 0.275 e. The number of piperazine rings is 1. The van der Waals surface area contributed by atoms with Crippen molar-refractivity contribution in [1.82, 2.24) is 9.62 Å². The van der Waals surface area contributed by atoms with Crippen LogP contribution in [0.5, 0.6) is 0 Å². The molecule has 1 aromatic rings. The number of nitrogens with one attached hydrogen (secondary N) is 2. The Labute approximate surface area is 175 Å². The summed E-state index contributed by atoms with van der Waals surface area (Å²) in [6, 6.07) is 5.78. The molecule has 1 amide bonds. The minimum Gasteiger partial charge on any atom is -0.349 e. The molecule has 3 rings (SSSR count). The highest BCUT2D eigenvalue weighted by Gasteiger charge is 2.31. The molecule has 29 heavy (non-hydrogen) atoms. The van der Waals surface area contributed by atoms with Gasteiger partial charge in [-0.3, -0.25) is 4.79 Å². The largest absolute Gasteiger partial charge is 0.349 e. The van der Waals surface area contributed by atoms with Crippen molar-refractivity contribution in [3.63, 3.8) is 0 Å². The van der Waals surface area contributed by atoms with Gasteiger partial charge in [0.15, 0.2) is 6.54 Å². The lowest BCUT2D eigenvalue weighted by Gasteiger charge is -2.31. The number of benzene rings is 1. The Bertz CT molecular complexity index is 815. The van der Waals surface area contributed by atoms with Crippen LogP contribution in [0.25, 0.3) is 0 Å². The van der Waals surface area contributed by atoms with E-state index in [1.165, 1.54) is 11.1 Å². The maximum atomic E-state index is 13.0. The maximum absolute atomic E-state index is 13.0. The van der Waals surface area contributed by atoms with Gasteiger partial charge in [0.25, 0.3) is 5.91 Å². The fourth-order valence-electron chi connectivity index (χ4n) is 4.29. The topological polar surface area (TPSA) is 70.9 Å². The van der Waals surface area contributed by atoms with Crippen LogP contribution in [0.2, 0.25) is 0 Å². The zero-order chi connectivity index (χ0) is 21.0. The monoisotopic (exact) mass is 422 g/mol. The summed E-state index contributed by atoms with van der Waals surface area (Å²) in [5.74, 6) is 0.701. The van der Waals surface area contributed by atoms with Crippen molar-refractivity contribution in [1.29, 1.82) is 0 Å². The second-order valence-electron chi connectivity index (χ2n) is 9.05. The molecule has 1 aliphatic carbocycles. The standard InChI is InChI=1S/C22H35N3O3S/c1-17(2)7-8-18(3)23-22(26)16-24-11-13-25(14-12-24)29(27,28)21-10-9-19-5-4-6-20(19)15-21/h9-10,15,17-18H,4-8,11-14,16H2,1-3H3,(H,23,26)/p+1/t18-/m0/s1. The van der Waals surface area contributed by atoms with Gasteiger partial charge in [0.05, 0.1) is 31.1 Å². The SMILES string of the molecule is CC(C)CC[C@H](C)NC(=O)C[NH+]1CCN(S(=O)(=O)c2ccc3c(c2)CCC3)CC1. The van der Waals surface area contributed by atoms with Crippen LogP contribution in [-0.2, 0) is 27.7 Å². The van der Waals surface area contributed by atoms with E-state index in [2.05, 4.69) is 26.1 Å². The van der Waals surface area contributed by atoms with Gasteiger partial charge in [-0.1, -0.05) is 19.9 Å². The van der Waals surface area contributed by atoms with Crippen molar-refractivity contribution >= 4 is 15.9 Å². The number of quaternary nitrogens is 1. The van der Waals surface area contributed by atoms with Crippen molar-refractivity contribution in [2.24, 2.45) is 5.92 Å². The van der Waals surface area contributed by atoms with Crippen molar-refractivity contribution in [3.05, 3.63) is 29.3 Å². The van der Waals surface area contributed by atoms with E-state index in [0.29, 0.717) is 43.5 Å². The Morgan fingerprint density at radius 3 is 2.48 bits per heavy atom. The third-order valence-corrected chi connectivity index (χ3v) is 8.03. The normalized spacial score (nSPS) is 19.3. The number of hydrogen-bond donors (Lipinski definition) is 2. The van der Waals surface area contributed by atoms with Crippen molar-refractivity contribution in [2.45, 2.75) is 63.8 Å². The molecule has 1 aliphatic heterocycles. The summed E-state index contributed by atoms with van der Waals surface area (Å²) in [6.07, 6.45) is 5.23. The quantitative estimate of drug-likeness (QED) is 0.657. The van der Waals surface area contributed by atoms with E-state index < -0.39 is 10.0 Å². The van der Waals surface area contributed by atoms with Gasteiger partial charge in [-0.2, -0.15) is 4.31 Å². The molecular weight excluding hydrogens is 386 g/mol. The first-order chi connectivity index (χ1) is 13.8. The van der Waals surface area contributed by atoms with E-state index >= 15 is 0 Å². The van der Waals surface area contributed by atoms with Crippen molar-refractivity contribution < 1.29 is 18.1 Å². The Balaban J connectivity index is 1.49. The molecule has 7 heteroatoms. The number of hydrogen-bond acceptors (Lipinski definition) is 3. The van der Waals surface area contributed by atoms with E-state index in [4.69, 9.17) is 0 Å². The second kappa shape index (κ2) is 9.58. The number of carbonyl (C=O) groups excluding carboxylic acids is 1. The summed E-state index contributed by atoms with van der Waals surface area (Å²) in [5.41, 5.74) is 2.46. The molecule has 1 saturated heterocycles. The van der Waals surface area contributed by atoms with E-state index in [-0.39, 0.29) is 11.9 Å². The number of carbonyl (C=O) groups is 1. The fraction of sp³-hybridized carbons (Fsp3) is 0.682. The lowest BCUT2D eigenvalue weighted by Crippen LogP contribution is -3.15. The average molecular weight is 423 g/mol. The van der Waals surface area contributed by atoms with E-state index in [0.717, 1.165) is 37.0 Å². The third kappa shape index (κ3) is 5.80. The molecule has 1 atom stereocenters. The first-order valence-corrected chi connectivity index (χ1v) is 12.4. The summed E-state index contributed by atoms with van der Waals surface area (Å²) < 4.78 is 27.6. The summed E-state index contributed by atoms with van der Waals surface area (Å²) in [4.78, 5) is 13.9. The first kappa shape index (κ1) is 22.2. The molecule has 0 spiro atoms. The van der Waals surface area contributed by atoms with Gasteiger partial charge in [0, 0.05) is 6.04 Å². The van der Waals surface area contributed by atoms with Crippen LogP contribution in [0.4, 0.5) is 0 Å². The third-order valence-electron chi connectivity index (χ3n) is 6.13. The molecule has 0 unspecified atom stereocenters. The Hall–Kier alpha value is -1.44. The number of fused-ring (bicyclic) bond motifs is 1. The number of nitrogens with zero attached hydrogens (tertiary/aromatic N) is 1. The minimum absolute atomic E-state index is 0.0613. The van der Waals surface area contributed by atoms with Crippen LogP contribution in [-0.4, -0.2) is 57.4 Å². The van der Waals surface area contributed by atoms with E-state index in [1.807, 2.05) is 12.1 Å². The smallest absolute Gasteiger partial charge is 0.275 e. The van der Waals surface area contributed by atoms with Crippen molar-refractivity contribution in [2.75, 3.05) is 32.7 Å². The van der Waals surface area contributed by atoms with Crippen LogP contribution >= 0.6 is 0 Å². The summed E-state index contributed by atoms with van der Waals surface area (Å²) in [5, 5.41) is 3.08. The zero-order valence-electron chi connectivity index (χ0n) is 18.0. The molecular formula is C22H36N3O3S+. The molecule has 6 nitrogen and oxygen atoms in total. The lowest BCUT2D eigenvalue weighted by atomic mass is 10.0. The Morgan fingerprint density at radius 1 is 1.10 bits per heavy atom. The Morgan fingerprint density at radius 2 is 1.79 bits per heavy atom. The van der Waals surface area contributed by atoms with Crippen LogP contribution in [0.3, 0.4) is 0 Å². The molecule has 0 aromatic heterocycles. The molecule has 0 radical (unpaired) electrons. The summed E-state index contributed by atoms with van der Waals surface area (Å²) >= 11 is 0. The van der Waals surface area contributed by atoms with Gasteiger partial charge >= 0.3 is 0 Å². The highest BCUT2D eigenvalue weighted by molar-refractivity contribution is 7.89. The van der Waals surface area contributed by atoms with Gasteiger partial charge < -0.3 is 10.2 Å². The predicted molar refractivity (Wildman–Crippen MR) is 114 cm³/mol. The van der Waals surface area contributed by atoms with Gasteiger partial charge in [-0.15, -0.1) is 0 Å². The first-order valence-electron chi connectivity index (χ1n) is 11.0. The van der Waals surface area contributed by atoms with Gasteiger partial charge in [0.1, 0.15) is 0 Å². The van der Waals surface area contributed by atoms with Gasteiger partial charge in [-0.25, -0.2) is 8.42 Å². The zero-order valence-corrected chi connectivity index (χ0v) is 18.9. The molecule has 1 heterocycles. The lowest BCUT2D eigenvalue weighted by molar-refractivity contribution is -0.895. The van der Waals surface area contributed by atoms with Gasteiger partial charge in [-0.05, 0) is 68.2 Å². The number of rotatable bonds is 8. The molecule has 162 valence electrons. The fourth-order valence-corrected chi connectivity index (χ4v) is 5.78. The number of aryl methyl sites for hydroxylation is 2. The molecule has 2 aliphatic rings. The average Bonchev–Trinajstić information content (AvgIpc) is 3.14. The van der Waals surface area contributed by atoms with Crippen molar-refractivity contribution in [3.8, 4) is 0 Å². The summed E-state index contributed by atoms with van der Waals surface area (Å²) in [6.45, 7) is 9.10. The predicted octanol–water partition coefficient (Wildman–Crippen LogP) is 1.01. The number of amides is 1. The van der Waals surface area contributed by atoms with Crippen LogP contribution in [0.1, 0.15) is 51.2 Å². The van der Waals surface area contributed by atoms with Crippen LogP contribution in [0, 0.1) is 5.92 Å². The number of sulfonamides is 1. The molecule has 1 aromatic carbocycles. The minimum atomic E-state index is -3.45. The molecule has 1 fully saturated rings. The van der Waals surface area contributed by atoms with Crippen LogP contribution in [0.15, 0.2) is 23.1 Å². The molecule has 0 saturated carbocycles. The molecule has 2 N–H and O–H groups in total. The van der Waals surface area contributed by atoms with E-state index in [1.54, 1.807) is 10.4 Å². The second-order valence-corrected chi connectivity index (χ2v) is 11.0. The summed E-state index contributed by atoms with van der Waals surface area (Å²) in [7, 11) is -3.45. The molecule has 0 bridgehead atoms. The highest BCUT2D eigenvalue weighted by atomic mass is 32.2. The van der Waals surface area contributed by atoms with Gasteiger partial charge in [0.2, 0.25) is 10.0 Å². The Kier molecular flexibility index (Phi) is 7.35. The van der Waals surface area contributed by atoms with E-state index in [9.17, 15) is 13.2 Å². The highest BCUT2D eigenvalue weighted by Crippen LogP contribution is 2.26.